The number of hydrogen-bond donors (Lipinski definition) is 0. The maximum Gasteiger partial charge on any atom is 0.273 e. The van der Waals surface area contributed by atoms with E-state index in [0.29, 0.717) is 11.6 Å². The van der Waals surface area contributed by atoms with Crippen LogP contribution in [-0.2, 0) is 0 Å². The van der Waals surface area contributed by atoms with Gasteiger partial charge in [-0.2, -0.15) is 0 Å². The molecule has 3 nitrogen and oxygen atoms in total. The van der Waals surface area contributed by atoms with Gasteiger partial charge in [-0.3, -0.25) is 9.78 Å². The van der Waals surface area contributed by atoms with Gasteiger partial charge in [0.2, 0.25) is 0 Å². The number of carbonyl (C=O) groups is 1. The van der Waals surface area contributed by atoms with Crippen molar-refractivity contribution in [3.63, 3.8) is 0 Å². The number of aromatic nitrogens is 1. The summed E-state index contributed by atoms with van der Waals surface area (Å²) in [6, 6.07) is 20.6. The summed E-state index contributed by atoms with van der Waals surface area (Å²) in [6.07, 6.45) is 4.92. The SMILES string of the molecule is O=C(c1nccc2ccccc12)N1CCCC(c2ccccc2)CC1. The standard InChI is InChI=1S/C22H22N2O/c25-22(21-20-11-5-4-9-19(20)12-14-23-21)24-15-6-10-18(13-16-24)17-7-2-1-3-8-17/h1-5,7-9,11-12,14,18H,6,10,13,15-16H2. The Hall–Kier alpha value is -2.68. The minimum absolute atomic E-state index is 0.0607. The van der Waals surface area contributed by atoms with Crippen LogP contribution in [0.4, 0.5) is 0 Å². The van der Waals surface area contributed by atoms with Crippen molar-refractivity contribution < 1.29 is 4.79 Å². The molecule has 1 saturated heterocycles. The van der Waals surface area contributed by atoms with Crippen LogP contribution in [0.15, 0.2) is 66.9 Å². The molecule has 0 saturated carbocycles. The molecular formula is C22H22N2O. The maximum absolute atomic E-state index is 13.1. The summed E-state index contributed by atoms with van der Waals surface area (Å²) in [4.78, 5) is 19.5. The Morgan fingerprint density at radius 1 is 0.920 bits per heavy atom. The number of rotatable bonds is 2. The summed E-state index contributed by atoms with van der Waals surface area (Å²) in [6.45, 7) is 1.61. The van der Waals surface area contributed by atoms with Gasteiger partial charge in [0, 0.05) is 24.7 Å². The molecule has 1 atom stereocenters. The fraction of sp³-hybridized carbons (Fsp3) is 0.273. The summed E-state index contributed by atoms with van der Waals surface area (Å²) in [7, 11) is 0. The zero-order chi connectivity index (χ0) is 17.1. The Morgan fingerprint density at radius 3 is 2.60 bits per heavy atom. The van der Waals surface area contributed by atoms with Gasteiger partial charge < -0.3 is 4.90 Å². The van der Waals surface area contributed by atoms with Crippen LogP contribution >= 0.6 is 0 Å². The van der Waals surface area contributed by atoms with Crippen molar-refractivity contribution in [1.82, 2.24) is 9.88 Å². The second-order valence-corrected chi connectivity index (χ2v) is 6.71. The van der Waals surface area contributed by atoms with Crippen LogP contribution in [0, 0.1) is 0 Å². The lowest BCUT2D eigenvalue weighted by atomic mass is 9.92. The summed E-state index contributed by atoms with van der Waals surface area (Å²) < 4.78 is 0. The average Bonchev–Trinajstić information content (AvgIpc) is 2.94. The highest BCUT2D eigenvalue weighted by Crippen LogP contribution is 2.28. The molecule has 1 aliphatic rings. The Labute approximate surface area is 148 Å². The van der Waals surface area contributed by atoms with Crippen LogP contribution in [0.3, 0.4) is 0 Å². The summed E-state index contributed by atoms with van der Waals surface area (Å²) in [5.74, 6) is 0.602. The molecule has 126 valence electrons. The molecule has 1 fully saturated rings. The number of fused-ring (bicyclic) bond motifs is 1. The lowest BCUT2D eigenvalue weighted by Crippen LogP contribution is -2.32. The largest absolute Gasteiger partial charge is 0.337 e. The molecule has 1 aromatic heterocycles. The number of pyridine rings is 1. The topological polar surface area (TPSA) is 33.2 Å². The summed E-state index contributed by atoms with van der Waals surface area (Å²) >= 11 is 0. The quantitative estimate of drug-likeness (QED) is 0.685. The lowest BCUT2D eigenvalue weighted by Gasteiger charge is -2.21. The van der Waals surface area contributed by atoms with Crippen LogP contribution in [0.25, 0.3) is 10.8 Å². The molecule has 0 spiro atoms. The molecule has 3 heteroatoms. The highest BCUT2D eigenvalue weighted by Gasteiger charge is 2.24. The van der Waals surface area contributed by atoms with E-state index < -0.39 is 0 Å². The highest BCUT2D eigenvalue weighted by atomic mass is 16.2. The van der Waals surface area contributed by atoms with Gasteiger partial charge >= 0.3 is 0 Å². The second-order valence-electron chi connectivity index (χ2n) is 6.71. The summed E-state index contributed by atoms with van der Waals surface area (Å²) in [5.41, 5.74) is 1.97. The first kappa shape index (κ1) is 15.8. The van der Waals surface area contributed by atoms with Crippen molar-refractivity contribution in [3.05, 3.63) is 78.1 Å². The van der Waals surface area contributed by atoms with Crippen molar-refractivity contribution in [2.75, 3.05) is 13.1 Å². The molecule has 3 aromatic rings. The molecule has 1 amide bonds. The number of benzene rings is 2. The molecule has 25 heavy (non-hydrogen) atoms. The number of hydrogen-bond acceptors (Lipinski definition) is 2. The number of likely N-dealkylation sites (tertiary alicyclic amines) is 1. The van der Waals surface area contributed by atoms with Gasteiger partial charge in [0.25, 0.3) is 5.91 Å². The molecule has 0 radical (unpaired) electrons. The molecule has 0 bridgehead atoms. The van der Waals surface area contributed by atoms with Crippen LogP contribution < -0.4 is 0 Å². The highest BCUT2D eigenvalue weighted by molar-refractivity contribution is 6.05. The third kappa shape index (κ3) is 3.27. The monoisotopic (exact) mass is 330 g/mol. The normalized spacial score (nSPS) is 18.1. The van der Waals surface area contributed by atoms with E-state index >= 15 is 0 Å². The molecule has 2 aromatic carbocycles. The molecule has 1 unspecified atom stereocenters. The molecule has 0 aliphatic carbocycles. The predicted octanol–water partition coefficient (Wildman–Crippen LogP) is 4.64. The van der Waals surface area contributed by atoms with Gasteiger partial charge in [-0.15, -0.1) is 0 Å². The smallest absolute Gasteiger partial charge is 0.273 e. The Morgan fingerprint density at radius 2 is 1.72 bits per heavy atom. The van der Waals surface area contributed by atoms with E-state index in [1.165, 1.54) is 5.56 Å². The van der Waals surface area contributed by atoms with Crippen LogP contribution in [-0.4, -0.2) is 28.9 Å². The van der Waals surface area contributed by atoms with E-state index in [0.717, 1.165) is 43.1 Å². The van der Waals surface area contributed by atoms with Gasteiger partial charge in [0.1, 0.15) is 5.69 Å². The third-order valence-electron chi connectivity index (χ3n) is 5.16. The number of nitrogens with zero attached hydrogens (tertiary/aromatic N) is 2. The average molecular weight is 330 g/mol. The predicted molar refractivity (Wildman–Crippen MR) is 101 cm³/mol. The Kier molecular flexibility index (Phi) is 4.47. The molecule has 0 N–H and O–H groups in total. The molecular weight excluding hydrogens is 308 g/mol. The number of amides is 1. The minimum atomic E-state index is 0.0607. The maximum atomic E-state index is 13.1. The fourth-order valence-electron chi connectivity index (χ4n) is 3.80. The third-order valence-corrected chi connectivity index (χ3v) is 5.16. The Balaban J connectivity index is 1.55. The minimum Gasteiger partial charge on any atom is -0.337 e. The second kappa shape index (κ2) is 7.06. The Bertz CT molecular complexity index is 870. The van der Waals surface area contributed by atoms with Gasteiger partial charge in [-0.25, -0.2) is 0 Å². The van der Waals surface area contributed by atoms with E-state index in [1.807, 2.05) is 35.2 Å². The van der Waals surface area contributed by atoms with Crippen molar-refractivity contribution in [3.8, 4) is 0 Å². The zero-order valence-corrected chi connectivity index (χ0v) is 14.3. The van der Waals surface area contributed by atoms with Crippen molar-refractivity contribution in [2.24, 2.45) is 0 Å². The summed E-state index contributed by atoms with van der Waals surface area (Å²) in [5, 5.41) is 2.01. The van der Waals surface area contributed by atoms with E-state index in [9.17, 15) is 4.79 Å². The van der Waals surface area contributed by atoms with E-state index in [2.05, 4.69) is 35.3 Å². The molecule has 4 rings (SSSR count). The zero-order valence-electron chi connectivity index (χ0n) is 14.3. The van der Waals surface area contributed by atoms with Crippen LogP contribution in [0.2, 0.25) is 0 Å². The van der Waals surface area contributed by atoms with Gasteiger partial charge in [0.15, 0.2) is 0 Å². The van der Waals surface area contributed by atoms with Gasteiger partial charge in [0.05, 0.1) is 0 Å². The number of carbonyl (C=O) groups excluding carboxylic acids is 1. The van der Waals surface area contributed by atoms with Crippen molar-refractivity contribution in [2.45, 2.75) is 25.2 Å². The fourth-order valence-corrected chi connectivity index (χ4v) is 3.80. The molecule has 1 aliphatic heterocycles. The van der Waals surface area contributed by atoms with Crippen LogP contribution in [0.5, 0.6) is 0 Å². The van der Waals surface area contributed by atoms with Crippen molar-refractivity contribution >= 4 is 16.7 Å². The lowest BCUT2D eigenvalue weighted by molar-refractivity contribution is 0.0757. The first-order chi connectivity index (χ1) is 12.3. The molecule has 2 heterocycles. The van der Waals surface area contributed by atoms with Gasteiger partial charge in [-0.05, 0) is 42.2 Å². The van der Waals surface area contributed by atoms with Crippen LogP contribution in [0.1, 0.15) is 41.2 Å². The van der Waals surface area contributed by atoms with Crippen molar-refractivity contribution in [1.29, 1.82) is 0 Å². The van der Waals surface area contributed by atoms with Gasteiger partial charge in [-0.1, -0.05) is 54.6 Å². The van der Waals surface area contributed by atoms with E-state index in [-0.39, 0.29) is 5.91 Å². The van der Waals surface area contributed by atoms with E-state index in [4.69, 9.17) is 0 Å². The first-order valence-electron chi connectivity index (χ1n) is 9.01. The first-order valence-corrected chi connectivity index (χ1v) is 9.01. The van der Waals surface area contributed by atoms with E-state index in [1.54, 1.807) is 6.20 Å².